The Morgan fingerprint density at radius 2 is 1.57 bits per heavy atom. The first-order valence-electron chi connectivity index (χ1n) is 6.49. The molecule has 0 atom stereocenters. The highest BCUT2D eigenvalue weighted by Crippen LogP contribution is 2.02. The largest absolute Gasteiger partial charge is 0.350 e. The number of carbonyl (C=O) groups is 2. The SMILES string of the molecule is O=C(CNC(=O)c1ccc(F)cc1)NCc1ccccc1. The lowest BCUT2D eigenvalue weighted by atomic mass is 10.2. The standard InChI is InChI=1S/C16H15FN2O2/c17-14-8-6-13(7-9-14)16(21)19-11-15(20)18-10-12-4-2-1-3-5-12/h1-9H,10-11H2,(H,18,20)(H,19,21). The molecule has 0 unspecified atom stereocenters. The molecule has 0 aliphatic rings. The Hall–Kier alpha value is -2.69. The van der Waals surface area contributed by atoms with Crippen molar-refractivity contribution in [3.63, 3.8) is 0 Å². The molecule has 0 bridgehead atoms. The van der Waals surface area contributed by atoms with Crippen LogP contribution in [0.25, 0.3) is 0 Å². The molecule has 108 valence electrons. The van der Waals surface area contributed by atoms with Crippen LogP contribution in [-0.2, 0) is 11.3 Å². The maximum Gasteiger partial charge on any atom is 0.251 e. The van der Waals surface area contributed by atoms with Gasteiger partial charge in [-0.1, -0.05) is 30.3 Å². The fraction of sp³-hybridized carbons (Fsp3) is 0.125. The van der Waals surface area contributed by atoms with Crippen molar-refractivity contribution in [1.29, 1.82) is 0 Å². The first-order chi connectivity index (χ1) is 10.1. The smallest absolute Gasteiger partial charge is 0.251 e. The zero-order valence-corrected chi connectivity index (χ0v) is 11.3. The minimum absolute atomic E-state index is 0.122. The lowest BCUT2D eigenvalue weighted by Crippen LogP contribution is -2.36. The molecule has 5 heteroatoms. The highest BCUT2D eigenvalue weighted by atomic mass is 19.1. The summed E-state index contributed by atoms with van der Waals surface area (Å²) in [7, 11) is 0. The second kappa shape index (κ2) is 7.19. The van der Waals surface area contributed by atoms with Crippen LogP contribution in [0.3, 0.4) is 0 Å². The summed E-state index contributed by atoms with van der Waals surface area (Å²) in [4.78, 5) is 23.3. The van der Waals surface area contributed by atoms with Gasteiger partial charge in [0, 0.05) is 12.1 Å². The Balaban J connectivity index is 1.76. The third-order valence-corrected chi connectivity index (χ3v) is 2.85. The second-order valence-corrected chi connectivity index (χ2v) is 4.45. The molecule has 0 radical (unpaired) electrons. The fourth-order valence-electron chi connectivity index (χ4n) is 1.72. The van der Waals surface area contributed by atoms with Gasteiger partial charge in [-0.05, 0) is 29.8 Å². The van der Waals surface area contributed by atoms with E-state index in [1.807, 2.05) is 30.3 Å². The van der Waals surface area contributed by atoms with E-state index in [1.165, 1.54) is 24.3 Å². The van der Waals surface area contributed by atoms with Crippen LogP contribution in [0.2, 0.25) is 0 Å². The van der Waals surface area contributed by atoms with Gasteiger partial charge in [0.15, 0.2) is 0 Å². The van der Waals surface area contributed by atoms with Gasteiger partial charge >= 0.3 is 0 Å². The predicted molar refractivity (Wildman–Crippen MR) is 77.0 cm³/mol. The molecule has 0 aliphatic carbocycles. The molecule has 0 heterocycles. The average Bonchev–Trinajstić information content (AvgIpc) is 2.52. The third-order valence-electron chi connectivity index (χ3n) is 2.85. The summed E-state index contributed by atoms with van der Waals surface area (Å²) in [6, 6.07) is 14.6. The van der Waals surface area contributed by atoms with Gasteiger partial charge in [0.2, 0.25) is 5.91 Å². The van der Waals surface area contributed by atoms with Crippen molar-refractivity contribution in [2.24, 2.45) is 0 Å². The van der Waals surface area contributed by atoms with Gasteiger partial charge in [-0.25, -0.2) is 4.39 Å². The van der Waals surface area contributed by atoms with Crippen molar-refractivity contribution in [3.05, 3.63) is 71.5 Å². The number of nitrogens with one attached hydrogen (secondary N) is 2. The molecule has 21 heavy (non-hydrogen) atoms. The van der Waals surface area contributed by atoms with Gasteiger partial charge in [-0.15, -0.1) is 0 Å². The van der Waals surface area contributed by atoms with Gasteiger partial charge in [0.25, 0.3) is 5.91 Å². The molecular weight excluding hydrogens is 271 g/mol. The molecule has 2 N–H and O–H groups in total. The summed E-state index contributed by atoms with van der Waals surface area (Å²) in [5, 5.41) is 5.18. The Bertz CT molecular complexity index is 612. The van der Waals surface area contributed by atoms with Crippen LogP contribution in [0.4, 0.5) is 4.39 Å². The van der Waals surface area contributed by atoms with Crippen LogP contribution in [0.5, 0.6) is 0 Å². The Kier molecular flexibility index (Phi) is 5.04. The maximum atomic E-state index is 12.7. The minimum atomic E-state index is -0.412. The molecule has 4 nitrogen and oxygen atoms in total. The second-order valence-electron chi connectivity index (χ2n) is 4.45. The Labute approximate surface area is 122 Å². The molecule has 2 rings (SSSR count). The highest BCUT2D eigenvalue weighted by molar-refractivity contribution is 5.96. The van der Waals surface area contributed by atoms with E-state index < -0.39 is 11.7 Å². The van der Waals surface area contributed by atoms with Crippen LogP contribution in [0.15, 0.2) is 54.6 Å². The number of hydrogen-bond donors (Lipinski definition) is 2. The molecule has 2 amide bonds. The van der Waals surface area contributed by atoms with E-state index in [2.05, 4.69) is 10.6 Å². The minimum Gasteiger partial charge on any atom is -0.350 e. The summed E-state index contributed by atoms with van der Waals surface area (Å²) in [5.74, 6) is -1.11. The monoisotopic (exact) mass is 286 g/mol. The zero-order chi connectivity index (χ0) is 15.1. The summed E-state index contributed by atoms with van der Waals surface area (Å²) in [6.45, 7) is 0.287. The number of amides is 2. The maximum absolute atomic E-state index is 12.7. The lowest BCUT2D eigenvalue weighted by molar-refractivity contribution is -0.120. The van der Waals surface area contributed by atoms with E-state index in [1.54, 1.807) is 0 Å². The van der Waals surface area contributed by atoms with Crippen LogP contribution >= 0.6 is 0 Å². The van der Waals surface area contributed by atoms with E-state index >= 15 is 0 Å². The quantitative estimate of drug-likeness (QED) is 0.881. The van der Waals surface area contributed by atoms with Crippen LogP contribution in [-0.4, -0.2) is 18.4 Å². The molecule has 2 aromatic carbocycles. The van der Waals surface area contributed by atoms with E-state index in [0.717, 1.165) is 5.56 Å². The number of hydrogen-bond acceptors (Lipinski definition) is 2. The molecule has 0 fully saturated rings. The lowest BCUT2D eigenvalue weighted by Gasteiger charge is -2.07. The van der Waals surface area contributed by atoms with E-state index in [9.17, 15) is 14.0 Å². The first kappa shape index (κ1) is 14.7. The van der Waals surface area contributed by atoms with Crippen LogP contribution in [0.1, 0.15) is 15.9 Å². The third kappa shape index (κ3) is 4.72. The van der Waals surface area contributed by atoms with Gasteiger partial charge in [-0.2, -0.15) is 0 Å². The number of carbonyl (C=O) groups excluding carboxylic acids is 2. The normalized spacial score (nSPS) is 9.95. The molecule has 0 saturated heterocycles. The van der Waals surface area contributed by atoms with E-state index in [-0.39, 0.29) is 12.5 Å². The Morgan fingerprint density at radius 3 is 2.24 bits per heavy atom. The van der Waals surface area contributed by atoms with Gasteiger partial charge in [0.05, 0.1) is 6.54 Å². The van der Waals surface area contributed by atoms with E-state index in [0.29, 0.717) is 12.1 Å². The van der Waals surface area contributed by atoms with Gasteiger partial charge < -0.3 is 10.6 Å². The molecule has 0 saturated carbocycles. The summed E-state index contributed by atoms with van der Waals surface area (Å²) < 4.78 is 12.7. The molecule has 0 spiro atoms. The van der Waals surface area contributed by atoms with Crippen molar-refractivity contribution in [2.45, 2.75) is 6.54 Å². The van der Waals surface area contributed by atoms with Crippen LogP contribution in [0, 0.1) is 5.82 Å². The van der Waals surface area contributed by atoms with Gasteiger partial charge in [0.1, 0.15) is 5.82 Å². The molecule has 0 aliphatic heterocycles. The summed E-state index contributed by atoms with van der Waals surface area (Å²) in [6.07, 6.45) is 0. The molecular formula is C16H15FN2O2. The summed E-state index contributed by atoms with van der Waals surface area (Å²) >= 11 is 0. The number of halogens is 1. The summed E-state index contributed by atoms with van der Waals surface area (Å²) in [5.41, 5.74) is 1.29. The molecule has 0 aromatic heterocycles. The van der Waals surface area contributed by atoms with Crippen molar-refractivity contribution in [3.8, 4) is 0 Å². The van der Waals surface area contributed by atoms with Gasteiger partial charge in [-0.3, -0.25) is 9.59 Å². The van der Waals surface area contributed by atoms with E-state index in [4.69, 9.17) is 0 Å². The Morgan fingerprint density at radius 1 is 0.905 bits per heavy atom. The zero-order valence-electron chi connectivity index (χ0n) is 11.3. The van der Waals surface area contributed by atoms with Crippen LogP contribution < -0.4 is 10.6 Å². The van der Waals surface area contributed by atoms with Crippen molar-refractivity contribution >= 4 is 11.8 Å². The van der Waals surface area contributed by atoms with Crippen molar-refractivity contribution < 1.29 is 14.0 Å². The first-order valence-corrected chi connectivity index (χ1v) is 6.49. The van der Waals surface area contributed by atoms with Crippen molar-refractivity contribution in [1.82, 2.24) is 10.6 Å². The predicted octanol–water partition coefficient (Wildman–Crippen LogP) is 1.87. The number of rotatable bonds is 5. The highest BCUT2D eigenvalue weighted by Gasteiger charge is 2.07. The van der Waals surface area contributed by atoms with Crippen molar-refractivity contribution in [2.75, 3.05) is 6.54 Å². The average molecular weight is 286 g/mol. The number of benzene rings is 2. The fourth-order valence-corrected chi connectivity index (χ4v) is 1.72. The topological polar surface area (TPSA) is 58.2 Å². The molecule has 2 aromatic rings.